The van der Waals surface area contributed by atoms with Crippen molar-refractivity contribution in [3.8, 4) is 5.75 Å². The van der Waals surface area contributed by atoms with E-state index in [-0.39, 0.29) is 5.97 Å². The highest BCUT2D eigenvalue weighted by Gasteiger charge is 2.49. The molecule has 29 heavy (non-hydrogen) atoms. The first-order chi connectivity index (χ1) is 14.0. The average molecular weight is 422 g/mol. The smallest absolute Gasteiger partial charge is 0.314 e. The maximum Gasteiger partial charge on any atom is 0.314 e. The van der Waals surface area contributed by atoms with E-state index in [9.17, 15) is 9.90 Å². The first kappa shape index (κ1) is 23.3. The number of H-pyrrole nitrogens is 1. The van der Waals surface area contributed by atoms with Gasteiger partial charge in [-0.2, -0.15) is 0 Å². The van der Waals surface area contributed by atoms with Gasteiger partial charge in [-0.25, -0.2) is 0 Å². The number of unbranched alkanes of at least 4 members (excludes halogenated alkanes) is 2. The third-order valence-corrected chi connectivity index (χ3v) is 5.65. The maximum absolute atomic E-state index is 13.0. The van der Waals surface area contributed by atoms with E-state index in [2.05, 4.69) is 18.8 Å². The molecule has 2 aromatic rings. The molecule has 0 bridgehead atoms. The van der Waals surface area contributed by atoms with Crippen LogP contribution >= 0.6 is 11.6 Å². The summed E-state index contributed by atoms with van der Waals surface area (Å²) in [6.07, 6.45) is 4.49. The van der Waals surface area contributed by atoms with Crippen LogP contribution in [0.1, 0.15) is 64.2 Å². The summed E-state index contributed by atoms with van der Waals surface area (Å²) < 4.78 is 11.4. The minimum absolute atomic E-state index is 0.386. The van der Waals surface area contributed by atoms with Gasteiger partial charge in [0.25, 0.3) is 0 Å². The highest BCUT2D eigenvalue weighted by atomic mass is 35.5. The van der Waals surface area contributed by atoms with E-state index < -0.39 is 17.6 Å². The number of methoxy groups -OCH3 is 1. The molecule has 0 saturated carbocycles. The van der Waals surface area contributed by atoms with Gasteiger partial charge in [0.15, 0.2) is 6.10 Å². The van der Waals surface area contributed by atoms with E-state index in [0.717, 1.165) is 25.7 Å². The Morgan fingerprint density at radius 3 is 2.24 bits per heavy atom. The second-order valence-corrected chi connectivity index (χ2v) is 7.85. The van der Waals surface area contributed by atoms with Gasteiger partial charge in [0.05, 0.1) is 18.2 Å². The lowest BCUT2D eigenvalue weighted by Crippen LogP contribution is -2.48. The Labute approximate surface area is 178 Å². The number of aromatic nitrogens is 1. The molecule has 6 heteroatoms. The van der Waals surface area contributed by atoms with Crippen molar-refractivity contribution < 1.29 is 19.4 Å². The van der Waals surface area contributed by atoms with E-state index >= 15 is 0 Å². The van der Waals surface area contributed by atoms with E-state index in [1.165, 1.54) is 7.11 Å². The first-order valence-electron chi connectivity index (χ1n) is 10.3. The fourth-order valence-electron chi connectivity index (χ4n) is 3.70. The molecule has 0 saturated heterocycles. The summed E-state index contributed by atoms with van der Waals surface area (Å²) in [6.45, 7) is 4.14. The van der Waals surface area contributed by atoms with E-state index in [1.54, 1.807) is 30.5 Å². The summed E-state index contributed by atoms with van der Waals surface area (Å²) in [5.41, 5.74) is -0.336. The lowest BCUT2D eigenvalue weighted by atomic mass is 9.71. The summed E-state index contributed by atoms with van der Waals surface area (Å²) in [4.78, 5) is 16.1. The third kappa shape index (κ3) is 5.77. The number of rotatable bonds is 12. The minimum Gasteiger partial charge on any atom is -0.481 e. The second kappa shape index (κ2) is 11.3. The normalized spacial score (nSPS) is 13.7. The fraction of sp³-hybridized carbons (Fsp3) is 0.522. The number of nitrogens with one attached hydrogen (secondary N) is 1. The number of esters is 1. The molecule has 0 fully saturated rings. The van der Waals surface area contributed by atoms with Gasteiger partial charge in [-0.1, -0.05) is 51.1 Å². The molecule has 5 nitrogen and oxygen atoms in total. The van der Waals surface area contributed by atoms with Crippen LogP contribution in [-0.2, 0) is 9.53 Å². The van der Waals surface area contributed by atoms with Crippen molar-refractivity contribution in [2.24, 2.45) is 5.41 Å². The molecular formula is C23H32ClNO4. The van der Waals surface area contributed by atoms with Crippen molar-refractivity contribution in [3.05, 3.63) is 53.3 Å². The highest BCUT2D eigenvalue weighted by molar-refractivity contribution is 6.30. The van der Waals surface area contributed by atoms with Crippen LogP contribution in [0.5, 0.6) is 5.75 Å². The van der Waals surface area contributed by atoms with Crippen molar-refractivity contribution in [2.45, 2.75) is 64.6 Å². The summed E-state index contributed by atoms with van der Waals surface area (Å²) in [5.74, 6) is 0.181. The molecule has 1 aromatic heterocycles. The topological polar surface area (TPSA) is 71.6 Å². The van der Waals surface area contributed by atoms with Crippen LogP contribution in [0.3, 0.4) is 0 Å². The largest absolute Gasteiger partial charge is 0.481 e. The molecule has 2 rings (SSSR count). The van der Waals surface area contributed by atoms with Crippen molar-refractivity contribution in [3.63, 3.8) is 0 Å². The maximum atomic E-state index is 13.0. The number of ether oxygens (including phenoxy) is 2. The molecule has 160 valence electrons. The molecule has 1 aromatic carbocycles. The SMILES string of the molecule is CCCCC(CCCC)(C(=O)OC)C(O)C(Oc1ccc(Cl)cc1)c1ccc[nH]1. The predicted molar refractivity (Wildman–Crippen MR) is 115 cm³/mol. The number of benzene rings is 1. The van der Waals surface area contributed by atoms with Gasteiger partial charge in [0.1, 0.15) is 11.9 Å². The number of halogens is 1. The summed E-state index contributed by atoms with van der Waals surface area (Å²) >= 11 is 5.99. The van der Waals surface area contributed by atoms with Crippen LogP contribution in [0.2, 0.25) is 5.02 Å². The fourth-order valence-corrected chi connectivity index (χ4v) is 3.83. The van der Waals surface area contributed by atoms with Crippen LogP contribution in [0.25, 0.3) is 0 Å². The predicted octanol–water partition coefficient (Wildman–Crippen LogP) is 5.69. The number of carbonyl (C=O) groups excluding carboxylic acids is 1. The van der Waals surface area contributed by atoms with Gasteiger partial charge in [-0.15, -0.1) is 0 Å². The zero-order valence-corrected chi connectivity index (χ0v) is 18.2. The molecule has 2 atom stereocenters. The van der Waals surface area contributed by atoms with Gasteiger partial charge in [0.2, 0.25) is 0 Å². The Morgan fingerprint density at radius 2 is 1.76 bits per heavy atom. The Balaban J connectivity index is 2.45. The number of carbonyl (C=O) groups is 1. The second-order valence-electron chi connectivity index (χ2n) is 7.42. The minimum atomic E-state index is -1.08. The molecule has 0 aliphatic rings. The van der Waals surface area contributed by atoms with E-state index in [4.69, 9.17) is 21.1 Å². The van der Waals surface area contributed by atoms with Crippen LogP contribution in [-0.4, -0.2) is 29.3 Å². The third-order valence-electron chi connectivity index (χ3n) is 5.40. The van der Waals surface area contributed by atoms with Crippen LogP contribution in [0.4, 0.5) is 0 Å². The molecule has 2 unspecified atom stereocenters. The van der Waals surface area contributed by atoms with Gasteiger partial charge in [0, 0.05) is 11.2 Å². The first-order valence-corrected chi connectivity index (χ1v) is 10.7. The van der Waals surface area contributed by atoms with Crippen molar-refractivity contribution >= 4 is 17.6 Å². The zero-order chi connectivity index (χ0) is 21.3. The Bertz CT molecular complexity index is 722. The standard InChI is InChI=1S/C23H32ClNO4/c1-4-6-14-23(15-7-5-2,22(27)28-3)21(26)20(19-9-8-16-25-19)29-18-12-10-17(24)11-13-18/h8-13,16,20-21,25-26H,4-7,14-15H2,1-3H3. The molecule has 0 amide bonds. The highest BCUT2D eigenvalue weighted by Crippen LogP contribution is 2.42. The van der Waals surface area contributed by atoms with Crippen molar-refractivity contribution in [1.82, 2.24) is 4.98 Å². The van der Waals surface area contributed by atoms with Gasteiger partial charge in [-0.3, -0.25) is 4.79 Å². The monoisotopic (exact) mass is 421 g/mol. The van der Waals surface area contributed by atoms with Crippen molar-refractivity contribution in [1.29, 1.82) is 0 Å². The number of aromatic amines is 1. The summed E-state index contributed by atoms with van der Waals surface area (Å²) in [7, 11) is 1.38. The molecule has 2 N–H and O–H groups in total. The van der Waals surface area contributed by atoms with E-state index in [0.29, 0.717) is 29.3 Å². The van der Waals surface area contributed by atoms with Gasteiger partial charge < -0.3 is 19.6 Å². The molecule has 0 spiro atoms. The van der Waals surface area contributed by atoms with Crippen LogP contribution in [0.15, 0.2) is 42.6 Å². The summed E-state index contributed by atoms with van der Waals surface area (Å²) in [5, 5.41) is 12.2. The Hall–Kier alpha value is -1.98. The Kier molecular flexibility index (Phi) is 9.05. The number of hydrogen-bond donors (Lipinski definition) is 2. The van der Waals surface area contributed by atoms with Crippen molar-refractivity contribution in [2.75, 3.05) is 7.11 Å². The van der Waals surface area contributed by atoms with E-state index in [1.807, 2.05) is 12.1 Å². The van der Waals surface area contributed by atoms with Crippen LogP contribution in [0, 0.1) is 5.41 Å². The lowest BCUT2D eigenvalue weighted by Gasteiger charge is -2.39. The average Bonchev–Trinajstić information content (AvgIpc) is 3.27. The molecular weight excluding hydrogens is 390 g/mol. The van der Waals surface area contributed by atoms with Crippen LogP contribution < -0.4 is 4.74 Å². The Morgan fingerprint density at radius 1 is 1.14 bits per heavy atom. The number of hydrogen-bond acceptors (Lipinski definition) is 4. The summed E-state index contributed by atoms with van der Waals surface area (Å²) in [6, 6.07) is 10.7. The van der Waals surface area contributed by atoms with Gasteiger partial charge >= 0.3 is 5.97 Å². The lowest BCUT2D eigenvalue weighted by molar-refractivity contribution is -0.168. The van der Waals surface area contributed by atoms with Gasteiger partial charge in [-0.05, 0) is 49.2 Å². The quantitative estimate of drug-likeness (QED) is 0.432. The number of aliphatic hydroxyl groups excluding tert-OH is 1. The molecule has 0 aliphatic heterocycles. The molecule has 1 heterocycles. The molecule has 0 radical (unpaired) electrons. The number of aliphatic hydroxyl groups is 1. The molecule has 0 aliphatic carbocycles. The zero-order valence-electron chi connectivity index (χ0n) is 17.5.